The molecular weight excluding hydrogens is 306 g/mol. The molecule has 0 atom stereocenters. The zero-order valence-electron chi connectivity index (χ0n) is 12.9. The Bertz CT molecular complexity index is 900. The SMILES string of the molecule is NC(=O)Cn1ncc2ccc(Nc3nccc(NC4CC4)n3)cc21. The van der Waals surface area contributed by atoms with Crippen LogP contribution < -0.4 is 16.4 Å². The quantitative estimate of drug-likeness (QED) is 0.636. The van der Waals surface area contributed by atoms with Gasteiger partial charge in [-0.1, -0.05) is 0 Å². The van der Waals surface area contributed by atoms with Crippen LogP contribution in [0, 0.1) is 0 Å². The molecule has 1 aromatic carbocycles. The van der Waals surface area contributed by atoms with E-state index in [0.29, 0.717) is 12.0 Å². The second-order valence-corrected chi connectivity index (χ2v) is 5.85. The molecule has 2 aromatic heterocycles. The normalized spacial score (nSPS) is 13.8. The number of nitrogens with two attached hydrogens (primary N) is 1. The summed E-state index contributed by atoms with van der Waals surface area (Å²) in [5.41, 5.74) is 6.90. The standard InChI is InChI=1S/C16H17N7O/c17-14(24)9-23-13-7-12(2-1-10(13)8-19-23)21-16-18-6-5-15(22-16)20-11-3-4-11/h1-2,5-8,11H,3-4,9H2,(H2,17,24)(H2,18,20,21,22). The van der Waals surface area contributed by atoms with Crippen LogP contribution in [0.2, 0.25) is 0 Å². The maximum atomic E-state index is 11.1. The van der Waals surface area contributed by atoms with Gasteiger partial charge in [0.1, 0.15) is 12.4 Å². The number of nitrogens with zero attached hydrogens (tertiary/aromatic N) is 4. The summed E-state index contributed by atoms with van der Waals surface area (Å²) < 4.78 is 1.58. The third kappa shape index (κ3) is 3.12. The molecule has 1 aliphatic rings. The van der Waals surface area contributed by atoms with E-state index < -0.39 is 5.91 Å². The molecule has 0 bridgehead atoms. The van der Waals surface area contributed by atoms with E-state index in [9.17, 15) is 4.79 Å². The second kappa shape index (κ2) is 5.80. The van der Waals surface area contributed by atoms with Crippen LogP contribution >= 0.6 is 0 Å². The van der Waals surface area contributed by atoms with E-state index in [1.165, 1.54) is 12.8 Å². The largest absolute Gasteiger partial charge is 0.368 e. The third-order valence-corrected chi connectivity index (χ3v) is 3.79. The Morgan fingerprint density at radius 3 is 3.00 bits per heavy atom. The van der Waals surface area contributed by atoms with Crippen molar-refractivity contribution >= 4 is 34.3 Å². The van der Waals surface area contributed by atoms with Gasteiger partial charge in [0.2, 0.25) is 11.9 Å². The molecule has 1 aliphatic carbocycles. The lowest BCUT2D eigenvalue weighted by Gasteiger charge is -2.08. The van der Waals surface area contributed by atoms with Crippen molar-refractivity contribution in [1.29, 1.82) is 0 Å². The summed E-state index contributed by atoms with van der Waals surface area (Å²) in [6.45, 7) is 0.0459. The molecule has 0 spiro atoms. The highest BCUT2D eigenvalue weighted by molar-refractivity contribution is 5.84. The first-order valence-electron chi connectivity index (χ1n) is 7.78. The molecule has 0 radical (unpaired) electrons. The van der Waals surface area contributed by atoms with E-state index in [2.05, 4.69) is 25.7 Å². The lowest BCUT2D eigenvalue weighted by atomic mass is 10.2. The first-order valence-corrected chi connectivity index (χ1v) is 7.78. The topological polar surface area (TPSA) is 111 Å². The molecule has 24 heavy (non-hydrogen) atoms. The number of primary amides is 1. The molecule has 0 aliphatic heterocycles. The van der Waals surface area contributed by atoms with E-state index in [-0.39, 0.29) is 6.54 Å². The number of rotatable bonds is 6. The molecule has 1 saturated carbocycles. The lowest BCUT2D eigenvalue weighted by molar-refractivity contribution is -0.118. The van der Waals surface area contributed by atoms with Crippen molar-refractivity contribution in [3.63, 3.8) is 0 Å². The number of nitrogens with one attached hydrogen (secondary N) is 2. The van der Waals surface area contributed by atoms with E-state index in [1.807, 2.05) is 24.3 Å². The number of hydrogen-bond donors (Lipinski definition) is 3. The molecule has 1 amide bonds. The maximum Gasteiger partial charge on any atom is 0.239 e. The molecule has 0 unspecified atom stereocenters. The number of amides is 1. The van der Waals surface area contributed by atoms with Crippen molar-refractivity contribution in [2.75, 3.05) is 10.6 Å². The minimum atomic E-state index is -0.430. The fourth-order valence-electron chi connectivity index (χ4n) is 2.49. The monoisotopic (exact) mass is 323 g/mol. The maximum absolute atomic E-state index is 11.1. The van der Waals surface area contributed by atoms with Crippen molar-refractivity contribution < 1.29 is 4.79 Å². The molecule has 4 N–H and O–H groups in total. The van der Waals surface area contributed by atoms with Crippen LogP contribution in [0.15, 0.2) is 36.7 Å². The van der Waals surface area contributed by atoms with Crippen molar-refractivity contribution in [3.8, 4) is 0 Å². The molecular formula is C16H17N7O. The summed E-state index contributed by atoms with van der Waals surface area (Å²) in [5, 5.41) is 11.6. The Morgan fingerprint density at radius 1 is 1.33 bits per heavy atom. The van der Waals surface area contributed by atoms with Crippen LogP contribution in [0.3, 0.4) is 0 Å². The predicted molar refractivity (Wildman–Crippen MR) is 90.9 cm³/mol. The molecule has 4 rings (SSSR count). The van der Waals surface area contributed by atoms with E-state index in [1.54, 1.807) is 17.1 Å². The van der Waals surface area contributed by atoms with Gasteiger partial charge in [0.05, 0.1) is 11.7 Å². The summed E-state index contributed by atoms with van der Waals surface area (Å²) in [5.74, 6) is 0.899. The number of carbonyl (C=O) groups is 1. The van der Waals surface area contributed by atoms with Crippen LogP contribution in [0.5, 0.6) is 0 Å². The average Bonchev–Trinajstić information content (AvgIpc) is 3.28. The van der Waals surface area contributed by atoms with Crippen LogP contribution in [0.4, 0.5) is 17.5 Å². The Hall–Kier alpha value is -3.16. The molecule has 8 nitrogen and oxygen atoms in total. The molecule has 122 valence electrons. The van der Waals surface area contributed by atoms with Crippen LogP contribution in [-0.2, 0) is 11.3 Å². The molecule has 0 saturated heterocycles. The number of benzene rings is 1. The number of carbonyl (C=O) groups excluding carboxylic acids is 1. The summed E-state index contributed by atoms with van der Waals surface area (Å²) in [4.78, 5) is 19.8. The van der Waals surface area contributed by atoms with E-state index >= 15 is 0 Å². The van der Waals surface area contributed by atoms with Gasteiger partial charge in [-0.2, -0.15) is 10.1 Å². The van der Waals surface area contributed by atoms with Gasteiger partial charge in [-0.15, -0.1) is 0 Å². The van der Waals surface area contributed by atoms with Crippen molar-refractivity contribution in [2.24, 2.45) is 5.73 Å². The van der Waals surface area contributed by atoms with Gasteiger partial charge in [0.15, 0.2) is 0 Å². The Kier molecular flexibility index (Phi) is 3.49. The second-order valence-electron chi connectivity index (χ2n) is 5.85. The van der Waals surface area contributed by atoms with E-state index in [0.717, 1.165) is 22.4 Å². The predicted octanol–water partition coefficient (Wildman–Crippen LogP) is 1.63. The van der Waals surface area contributed by atoms with Crippen LogP contribution in [0.1, 0.15) is 12.8 Å². The van der Waals surface area contributed by atoms with Gasteiger partial charge in [-0.25, -0.2) is 4.98 Å². The van der Waals surface area contributed by atoms with Gasteiger partial charge in [-0.3, -0.25) is 9.48 Å². The number of anilines is 3. The van der Waals surface area contributed by atoms with Gasteiger partial charge in [-0.05, 0) is 37.1 Å². The molecule has 8 heteroatoms. The summed E-state index contributed by atoms with van der Waals surface area (Å²) in [7, 11) is 0. The fraction of sp³-hybridized carbons (Fsp3) is 0.250. The van der Waals surface area contributed by atoms with Crippen molar-refractivity contribution in [1.82, 2.24) is 19.7 Å². The number of fused-ring (bicyclic) bond motifs is 1. The number of hydrogen-bond acceptors (Lipinski definition) is 6. The first-order chi connectivity index (χ1) is 11.7. The highest BCUT2D eigenvalue weighted by atomic mass is 16.1. The number of aromatic nitrogens is 4. The zero-order valence-corrected chi connectivity index (χ0v) is 12.9. The summed E-state index contributed by atoms with van der Waals surface area (Å²) in [6, 6.07) is 8.13. The highest BCUT2D eigenvalue weighted by Gasteiger charge is 2.21. The molecule has 2 heterocycles. The van der Waals surface area contributed by atoms with Gasteiger partial charge in [0.25, 0.3) is 0 Å². The fourth-order valence-corrected chi connectivity index (χ4v) is 2.49. The molecule has 3 aromatic rings. The van der Waals surface area contributed by atoms with Gasteiger partial charge >= 0.3 is 0 Å². The summed E-state index contributed by atoms with van der Waals surface area (Å²) >= 11 is 0. The van der Waals surface area contributed by atoms with Crippen molar-refractivity contribution in [3.05, 3.63) is 36.7 Å². The summed E-state index contributed by atoms with van der Waals surface area (Å²) in [6.07, 6.45) is 5.80. The van der Waals surface area contributed by atoms with E-state index in [4.69, 9.17) is 5.73 Å². The minimum absolute atomic E-state index is 0.0459. The highest BCUT2D eigenvalue weighted by Crippen LogP contribution is 2.25. The Labute approximate surface area is 138 Å². The van der Waals surface area contributed by atoms with Crippen LogP contribution in [0.25, 0.3) is 10.9 Å². The lowest BCUT2D eigenvalue weighted by Crippen LogP contribution is -2.19. The van der Waals surface area contributed by atoms with Gasteiger partial charge in [0, 0.05) is 23.3 Å². The Morgan fingerprint density at radius 2 is 2.21 bits per heavy atom. The average molecular weight is 323 g/mol. The minimum Gasteiger partial charge on any atom is -0.368 e. The first kappa shape index (κ1) is 14.4. The smallest absolute Gasteiger partial charge is 0.239 e. The Balaban J connectivity index is 1.58. The van der Waals surface area contributed by atoms with Crippen LogP contribution in [-0.4, -0.2) is 31.7 Å². The molecule has 1 fully saturated rings. The van der Waals surface area contributed by atoms with Gasteiger partial charge < -0.3 is 16.4 Å². The third-order valence-electron chi connectivity index (χ3n) is 3.79. The van der Waals surface area contributed by atoms with Crippen molar-refractivity contribution in [2.45, 2.75) is 25.4 Å². The zero-order chi connectivity index (χ0) is 16.5.